The molecule has 4 heterocycles. The number of nitrogens with one attached hydrogen (secondary N) is 1. The lowest BCUT2D eigenvalue weighted by Gasteiger charge is -2.15. The molecule has 168 valence electrons. The van der Waals surface area contributed by atoms with E-state index in [0.717, 1.165) is 16.9 Å². The predicted octanol–water partition coefficient (Wildman–Crippen LogP) is 3.14. The van der Waals surface area contributed by atoms with Gasteiger partial charge in [0.25, 0.3) is 0 Å². The summed E-state index contributed by atoms with van der Waals surface area (Å²) < 4.78 is 20.8. The normalized spacial score (nSPS) is 15.8. The van der Waals surface area contributed by atoms with Gasteiger partial charge in [0.05, 0.1) is 30.5 Å². The Bertz CT molecular complexity index is 1330. The second-order valence-electron chi connectivity index (χ2n) is 8.08. The molecule has 9 heteroatoms. The summed E-state index contributed by atoms with van der Waals surface area (Å²) in [4.78, 5) is 26.2. The highest BCUT2D eigenvalue weighted by Crippen LogP contribution is 2.31. The third-order valence-electron chi connectivity index (χ3n) is 5.81. The van der Waals surface area contributed by atoms with Crippen molar-refractivity contribution in [2.24, 2.45) is 5.92 Å². The number of anilines is 1. The van der Waals surface area contributed by atoms with Gasteiger partial charge >= 0.3 is 0 Å². The van der Waals surface area contributed by atoms with Crippen molar-refractivity contribution in [2.45, 2.75) is 19.9 Å². The van der Waals surface area contributed by atoms with E-state index in [1.807, 2.05) is 29.7 Å². The van der Waals surface area contributed by atoms with Gasteiger partial charge in [-0.25, -0.2) is 19.3 Å². The van der Waals surface area contributed by atoms with Gasteiger partial charge in [-0.2, -0.15) is 0 Å². The number of rotatable bonds is 5. The van der Waals surface area contributed by atoms with Crippen molar-refractivity contribution in [1.82, 2.24) is 24.7 Å². The number of hydrogen-bond acceptors (Lipinski definition) is 6. The first-order valence-corrected chi connectivity index (χ1v) is 10.7. The highest BCUT2D eigenvalue weighted by atomic mass is 19.1. The average Bonchev–Trinajstić information content (AvgIpc) is 3.49. The lowest BCUT2D eigenvalue weighted by Crippen LogP contribution is -2.31. The summed E-state index contributed by atoms with van der Waals surface area (Å²) in [6.07, 6.45) is 4.43. The number of carbonyl (C=O) groups is 1. The Balaban J connectivity index is 1.56. The van der Waals surface area contributed by atoms with Crippen LogP contribution in [0.4, 0.5) is 10.2 Å². The van der Waals surface area contributed by atoms with Crippen molar-refractivity contribution in [3.63, 3.8) is 0 Å². The highest BCUT2D eigenvalue weighted by molar-refractivity contribution is 5.80. The van der Waals surface area contributed by atoms with E-state index in [9.17, 15) is 9.18 Å². The monoisotopic (exact) mass is 446 g/mol. The number of nitrogen functional groups attached to an aromatic ring is 1. The van der Waals surface area contributed by atoms with Gasteiger partial charge in [-0.3, -0.25) is 4.79 Å². The van der Waals surface area contributed by atoms with Gasteiger partial charge in [0.1, 0.15) is 23.0 Å². The Morgan fingerprint density at radius 3 is 2.70 bits per heavy atom. The molecule has 0 aliphatic carbocycles. The molecule has 0 bridgehead atoms. The van der Waals surface area contributed by atoms with Crippen LogP contribution >= 0.6 is 0 Å². The number of aromatic nitrogens is 4. The molecule has 33 heavy (non-hydrogen) atoms. The molecule has 0 spiro atoms. The smallest absolute Gasteiger partial charge is 0.225 e. The quantitative estimate of drug-likeness (QED) is 0.488. The van der Waals surface area contributed by atoms with Crippen LogP contribution in [0.15, 0.2) is 48.8 Å². The zero-order valence-corrected chi connectivity index (χ0v) is 18.1. The minimum Gasteiger partial charge on any atom is -0.382 e. The molecule has 1 amide bonds. The number of amides is 1. The average molecular weight is 446 g/mol. The molecule has 4 aromatic rings. The number of imidazole rings is 1. The molecular weight excluding hydrogens is 423 g/mol. The number of benzene rings is 1. The number of carbonyl (C=O) groups excluding carboxylic acids is 1. The van der Waals surface area contributed by atoms with Crippen LogP contribution in [0, 0.1) is 18.7 Å². The standard InChI is InChI=1S/C24H23FN6O2/c1-14-10-27-20-7-4-16(12-31(14)20)22-21(15-2-5-18(25)6-3-15)30-23(26)19(29-22)11-28-24(32)17-8-9-33-13-17/h2-7,10,12,17H,8-9,11,13H2,1H3,(H2,26,30)(H,28,32). The number of nitrogens with zero attached hydrogens (tertiary/aromatic N) is 4. The maximum atomic E-state index is 13.5. The molecule has 1 aromatic carbocycles. The Kier molecular flexibility index (Phi) is 5.47. The molecule has 0 saturated carbocycles. The zero-order valence-electron chi connectivity index (χ0n) is 18.1. The molecule has 5 rings (SSSR count). The van der Waals surface area contributed by atoms with Gasteiger partial charge < -0.3 is 20.2 Å². The van der Waals surface area contributed by atoms with Crippen molar-refractivity contribution >= 4 is 17.4 Å². The number of ether oxygens (including phenoxy) is 1. The Hall–Kier alpha value is -3.85. The maximum absolute atomic E-state index is 13.5. The zero-order chi connectivity index (χ0) is 22.9. The molecule has 1 aliphatic rings. The largest absolute Gasteiger partial charge is 0.382 e. The van der Waals surface area contributed by atoms with Crippen LogP contribution in [0.3, 0.4) is 0 Å². The van der Waals surface area contributed by atoms with Gasteiger partial charge in [-0.1, -0.05) is 0 Å². The van der Waals surface area contributed by atoms with E-state index in [0.29, 0.717) is 42.3 Å². The lowest BCUT2D eigenvalue weighted by molar-refractivity contribution is -0.125. The van der Waals surface area contributed by atoms with Crippen LogP contribution < -0.4 is 11.1 Å². The molecule has 0 radical (unpaired) electrons. The molecule has 1 atom stereocenters. The van der Waals surface area contributed by atoms with E-state index >= 15 is 0 Å². The Morgan fingerprint density at radius 2 is 1.94 bits per heavy atom. The van der Waals surface area contributed by atoms with Gasteiger partial charge in [0, 0.05) is 35.8 Å². The molecule has 1 unspecified atom stereocenters. The summed E-state index contributed by atoms with van der Waals surface area (Å²) in [6.45, 7) is 3.13. The van der Waals surface area contributed by atoms with Crippen LogP contribution in [-0.4, -0.2) is 38.5 Å². The number of nitrogens with two attached hydrogens (primary N) is 1. The summed E-state index contributed by atoms with van der Waals surface area (Å²) >= 11 is 0. The van der Waals surface area contributed by atoms with Crippen LogP contribution in [0.5, 0.6) is 0 Å². The fourth-order valence-electron chi connectivity index (χ4n) is 3.92. The van der Waals surface area contributed by atoms with Gasteiger partial charge in [0.15, 0.2) is 0 Å². The van der Waals surface area contributed by atoms with Gasteiger partial charge in [0.2, 0.25) is 5.91 Å². The lowest BCUT2D eigenvalue weighted by atomic mass is 10.0. The summed E-state index contributed by atoms with van der Waals surface area (Å²) in [6, 6.07) is 9.84. The van der Waals surface area contributed by atoms with E-state index in [4.69, 9.17) is 15.5 Å². The molecule has 3 N–H and O–H groups in total. The molecular formula is C24H23FN6O2. The van der Waals surface area contributed by atoms with Crippen LogP contribution in [0.25, 0.3) is 28.2 Å². The number of fused-ring (bicyclic) bond motifs is 1. The summed E-state index contributed by atoms with van der Waals surface area (Å²) in [5.41, 5.74) is 11.1. The van der Waals surface area contributed by atoms with Crippen molar-refractivity contribution in [1.29, 1.82) is 0 Å². The van der Waals surface area contributed by atoms with E-state index in [-0.39, 0.29) is 30.0 Å². The first-order valence-electron chi connectivity index (χ1n) is 10.7. The minimum atomic E-state index is -0.341. The second kappa shape index (κ2) is 8.59. The van der Waals surface area contributed by atoms with Crippen LogP contribution in [0.1, 0.15) is 17.8 Å². The topological polar surface area (TPSA) is 107 Å². The Morgan fingerprint density at radius 1 is 1.18 bits per heavy atom. The van der Waals surface area contributed by atoms with E-state index in [1.165, 1.54) is 12.1 Å². The summed E-state index contributed by atoms with van der Waals surface area (Å²) in [7, 11) is 0. The van der Waals surface area contributed by atoms with Crippen molar-refractivity contribution in [3.05, 3.63) is 66.0 Å². The molecule has 8 nitrogen and oxygen atoms in total. The van der Waals surface area contributed by atoms with Crippen molar-refractivity contribution < 1.29 is 13.9 Å². The number of halogens is 1. The summed E-state index contributed by atoms with van der Waals surface area (Å²) in [5.74, 6) is -0.384. The fourth-order valence-corrected chi connectivity index (χ4v) is 3.92. The first-order chi connectivity index (χ1) is 16.0. The summed E-state index contributed by atoms with van der Waals surface area (Å²) in [5, 5.41) is 2.90. The van der Waals surface area contributed by atoms with Gasteiger partial charge in [-0.05, 0) is 49.7 Å². The molecule has 1 fully saturated rings. The number of pyridine rings is 1. The van der Waals surface area contributed by atoms with Crippen molar-refractivity contribution in [2.75, 3.05) is 18.9 Å². The van der Waals surface area contributed by atoms with E-state index in [1.54, 1.807) is 18.3 Å². The first kappa shape index (κ1) is 21.0. The minimum absolute atomic E-state index is 0.0895. The SMILES string of the molecule is Cc1cnc2ccc(-c3nc(CNC(=O)C4CCOC4)c(N)nc3-c3ccc(F)cc3)cn12. The van der Waals surface area contributed by atoms with Gasteiger partial charge in [-0.15, -0.1) is 0 Å². The van der Waals surface area contributed by atoms with Crippen LogP contribution in [-0.2, 0) is 16.1 Å². The fraction of sp³-hybridized carbons (Fsp3) is 0.250. The molecule has 3 aromatic heterocycles. The molecule has 1 aliphatic heterocycles. The van der Waals surface area contributed by atoms with E-state index < -0.39 is 0 Å². The van der Waals surface area contributed by atoms with Crippen molar-refractivity contribution in [3.8, 4) is 22.5 Å². The maximum Gasteiger partial charge on any atom is 0.225 e. The second-order valence-corrected chi connectivity index (χ2v) is 8.08. The van der Waals surface area contributed by atoms with E-state index in [2.05, 4.69) is 15.3 Å². The molecule has 1 saturated heterocycles. The third-order valence-corrected chi connectivity index (χ3v) is 5.81. The number of aryl methyl sites for hydroxylation is 1. The highest BCUT2D eigenvalue weighted by Gasteiger charge is 2.24. The van der Waals surface area contributed by atoms with Crippen LogP contribution in [0.2, 0.25) is 0 Å². The predicted molar refractivity (Wildman–Crippen MR) is 122 cm³/mol. The Labute approximate surface area is 189 Å². The third kappa shape index (κ3) is 4.14. The number of hydrogen-bond donors (Lipinski definition) is 2.